The van der Waals surface area contributed by atoms with Crippen LogP contribution in [0.5, 0.6) is 0 Å². The van der Waals surface area contributed by atoms with Gasteiger partial charge in [0.15, 0.2) is 10.8 Å². The molecular formula is C14H19N5O2S. The zero-order valence-electron chi connectivity index (χ0n) is 12.6. The van der Waals surface area contributed by atoms with Crippen molar-refractivity contribution in [3.63, 3.8) is 0 Å². The van der Waals surface area contributed by atoms with Crippen molar-refractivity contribution in [2.24, 2.45) is 5.92 Å². The molecule has 2 aromatic heterocycles. The van der Waals surface area contributed by atoms with Gasteiger partial charge in [0.25, 0.3) is 5.56 Å². The van der Waals surface area contributed by atoms with Crippen LogP contribution in [-0.2, 0) is 4.79 Å². The van der Waals surface area contributed by atoms with Crippen LogP contribution in [0.15, 0.2) is 16.1 Å². The zero-order chi connectivity index (χ0) is 15.7. The standard InChI is InChI=1S/C14H19N5O2S/c1-8(2)3-4-15-11(20)5-9-7-22-14-17-12-10(6-16-18-12)13(21)19(9)14/h6,8-9H,3-5,7H2,1-2H3,(H,15,20)(H,16,18). The van der Waals surface area contributed by atoms with Gasteiger partial charge in [-0.1, -0.05) is 25.6 Å². The third-order valence-corrected chi connectivity index (χ3v) is 4.81. The summed E-state index contributed by atoms with van der Waals surface area (Å²) < 4.78 is 1.63. The van der Waals surface area contributed by atoms with Gasteiger partial charge in [0.2, 0.25) is 5.91 Å². The first-order valence-corrected chi connectivity index (χ1v) is 8.40. The number of amides is 1. The maximum absolute atomic E-state index is 12.5. The van der Waals surface area contributed by atoms with E-state index in [1.807, 2.05) is 0 Å². The molecule has 0 fully saturated rings. The molecule has 3 rings (SSSR count). The Labute approximate surface area is 131 Å². The highest BCUT2D eigenvalue weighted by Gasteiger charge is 2.28. The highest BCUT2D eigenvalue weighted by atomic mass is 32.2. The molecule has 0 saturated heterocycles. The van der Waals surface area contributed by atoms with Gasteiger partial charge in [0.05, 0.1) is 12.2 Å². The van der Waals surface area contributed by atoms with Crippen molar-refractivity contribution in [1.29, 1.82) is 0 Å². The normalized spacial score (nSPS) is 17.1. The van der Waals surface area contributed by atoms with Crippen LogP contribution in [0.3, 0.4) is 0 Å². The number of fused-ring (bicyclic) bond motifs is 2. The fourth-order valence-corrected chi connectivity index (χ4v) is 3.63. The van der Waals surface area contributed by atoms with Crippen molar-refractivity contribution < 1.29 is 4.79 Å². The van der Waals surface area contributed by atoms with Crippen LogP contribution >= 0.6 is 11.8 Å². The summed E-state index contributed by atoms with van der Waals surface area (Å²) in [7, 11) is 0. The van der Waals surface area contributed by atoms with Crippen LogP contribution in [0.4, 0.5) is 0 Å². The number of nitrogens with one attached hydrogen (secondary N) is 2. The van der Waals surface area contributed by atoms with E-state index in [1.165, 1.54) is 18.0 Å². The summed E-state index contributed by atoms with van der Waals surface area (Å²) in [5.74, 6) is 1.24. The van der Waals surface area contributed by atoms with Crippen molar-refractivity contribution in [2.45, 2.75) is 37.9 Å². The van der Waals surface area contributed by atoms with E-state index in [9.17, 15) is 9.59 Å². The van der Waals surface area contributed by atoms with Crippen molar-refractivity contribution in [3.8, 4) is 0 Å². The van der Waals surface area contributed by atoms with Gasteiger partial charge in [0.1, 0.15) is 5.39 Å². The minimum Gasteiger partial charge on any atom is -0.356 e. The zero-order valence-corrected chi connectivity index (χ0v) is 13.4. The Hall–Kier alpha value is -1.83. The van der Waals surface area contributed by atoms with E-state index < -0.39 is 0 Å². The molecular weight excluding hydrogens is 302 g/mol. The summed E-state index contributed by atoms with van der Waals surface area (Å²) in [6, 6.07) is -0.140. The van der Waals surface area contributed by atoms with E-state index in [-0.39, 0.29) is 17.5 Å². The Morgan fingerprint density at radius 1 is 1.59 bits per heavy atom. The van der Waals surface area contributed by atoms with Gasteiger partial charge >= 0.3 is 0 Å². The molecule has 0 bridgehead atoms. The fraction of sp³-hybridized carbons (Fsp3) is 0.571. The lowest BCUT2D eigenvalue weighted by molar-refractivity contribution is -0.121. The average molecular weight is 321 g/mol. The number of hydrogen-bond acceptors (Lipinski definition) is 5. The number of thioether (sulfide) groups is 1. The van der Waals surface area contributed by atoms with Crippen molar-refractivity contribution in [3.05, 3.63) is 16.6 Å². The quantitative estimate of drug-likeness (QED) is 0.810. The average Bonchev–Trinajstić information content (AvgIpc) is 3.06. The number of aromatic nitrogens is 4. The second-order valence-electron chi connectivity index (χ2n) is 5.90. The first kappa shape index (κ1) is 15.1. The third kappa shape index (κ3) is 2.87. The Kier molecular flexibility index (Phi) is 4.19. The number of carbonyl (C=O) groups is 1. The predicted octanol–water partition coefficient (Wildman–Crippen LogP) is 1.32. The van der Waals surface area contributed by atoms with Crippen molar-refractivity contribution in [2.75, 3.05) is 12.3 Å². The molecule has 1 aliphatic heterocycles. The maximum Gasteiger partial charge on any atom is 0.265 e. The van der Waals surface area contributed by atoms with Gasteiger partial charge in [-0.15, -0.1) is 0 Å². The van der Waals surface area contributed by atoms with Crippen molar-refractivity contribution >= 4 is 28.7 Å². The Balaban J connectivity index is 1.74. The molecule has 1 atom stereocenters. The van der Waals surface area contributed by atoms with Gasteiger partial charge < -0.3 is 5.32 Å². The van der Waals surface area contributed by atoms with Gasteiger partial charge in [-0.3, -0.25) is 19.3 Å². The Bertz CT molecular complexity index is 751. The number of aromatic amines is 1. The summed E-state index contributed by atoms with van der Waals surface area (Å²) in [5, 5.41) is 10.6. The summed E-state index contributed by atoms with van der Waals surface area (Å²) >= 11 is 1.50. The first-order valence-electron chi connectivity index (χ1n) is 7.41. The van der Waals surface area contributed by atoms with E-state index >= 15 is 0 Å². The van der Waals surface area contributed by atoms with Gasteiger partial charge in [0, 0.05) is 18.7 Å². The molecule has 1 unspecified atom stereocenters. The molecule has 0 spiro atoms. The molecule has 0 aliphatic carbocycles. The van der Waals surface area contributed by atoms with Crippen LogP contribution in [0.2, 0.25) is 0 Å². The molecule has 22 heavy (non-hydrogen) atoms. The smallest absolute Gasteiger partial charge is 0.265 e. The third-order valence-electron chi connectivity index (χ3n) is 3.72. The SMILES string of the molecule is CC(C)CCNC(=O)CC1CSc2nc3[nH]ncc3c(=O)n21. The molecule has 8 heteroatoms. The first-order chi connectivity index (χ1) is 10.6. The van der Waals surface area contributed by atoms with E-state index in [1.54, 1.807) is 4.57 Å². The summed E-state index contributed by atoms with van der Waals surface area (Å²) in [6.07, 6.45) is 2.75. The monoisotopic (exact) mass is 321 g/mol. The fourth-order valence-electron chi connectivity index (χ4n) is 2.49. The van der Waals surface area contributed by atoms with Crippen molar-refractivity contribution in [1.82, 2.24) is 25.1 Å². The van der Waals surface area contributed by atoms with Crippen LogP contribution in [0.1, 0.15) is 32.7 Å². The predicted molar refractivity (Wildman–Crippen MR) is 85.0 cm³/mol. The van der Waals surface area contributed by atoms with E-state index in [0.29, 0.717) is 40.8 Å². The lowest BCUT2D eigenvalue weighted by Gasteiger charge is -2.13. The number of hydrogen-bond donors (Lipinski definition) is 2. The molecule has 0 saturated carbocycles. The van der Waals surface area contributed by atoms with Crippen LogP contribution < -0.4 is 10.9 Å². The summed E-state index contributed by atoms with van der Waals surface area (Å²) in [5.41, 5.74) is 0.379. The number of rotatable bonds is 5. The largest absolute Gasteiger partial charge is 0.356 e. The minimum absolute atomic E-state index is 0.0155. The molecule has 0 aromatic carbocycles. The highest BCUT2D eigenvalue weighted by Crippen LogP contribution is 2.32. The van der Waals surface area contributed by atoms with E-state index in [0.717, 1.165) is 6.42 Å². The number of carbonyl (C=O) groups excluding carboxylic acids is 1. The number of H-pyrrole nitrogens is 1. The van der Waals surface area contributed by atoms with E-state index in [2.05, 4.69) is 34.3 Å². The maximum atomic E-state index is 12.5. The van der Waals surface area contributed by atoms with Gasteiger partial charge in [-0.2, -0.15) is 5.10 Å². The molecule has 2 N–H and O–H groups in total. The summed E-state index contributed by atoms with van der Waals surface area (Å²) in [6.45, 7) is 4.92. The minimum atomic E-state index is -0.140. The molecule has 7 nitrogen and oxygen atoms in total. The molecule has 0 radical (unpaired) electrons. The van der Waals surface area contributed by atoms with Gasteiger partial charge in [-0.25, -0.2) is 4.98 Å². The van der Waals surface area contributed by atoms with Crippen LogP contribution in [0.25, 0.3) is 11.0 Å². The second kappa shape index (κ2) is 6.12. The van der Waals surface area contributed by atoms with E-state index in [4.69, 9.17) is 0 Å². The lowest BCUT2D eigenvalue weighted by Crippen LogP contribution is -2.31. The molecule has 1 aliphatic rings. The summed E-state index contributed by atoms with van der Waals surface area (Å²) in [4.78, 5) is 28.9. The van der Waals surface area contributed by atoms with Crippen LogP contribution in [-0.4, -0.2) is 38.0 Å². The Morgan fingerprint density at radius 2 is 2.41 bits per heavy atom. The number of nitrogens with zero attached hydrogens (tertiary/aromatic N) is 3. The topological polar surface area (TPSA) is 92.7 Å². The second-order valence-corrected chi connectivity index (χ2v) is 6.89. The Morgan fingerprint density at radius 3 is 3.18 bits per heavy atom. The highest BCUT2D eigenvalue weighted by molar-refractivity contribution is 7.99. The van der Waals surface area contributed by atoms with Gasteiger partial charge in [-0.05, 0) is 12.3 Å². The molecule has 118 valence electrons. The van der Waals surface area contributed by atoms with Crippen LogP contribution in [0, 0.1) is 5.92 Å². The molecule has 2 aromatic rings. The molecule has 3 heterocycles. The molecule has 1 amide bonds. The lowest BCUT2D eigenvalue weighted by atomic mass is 10.1.